The van der Waals surface area contributed by atoms with Crippen LogP contribution in [0.25, 0.3) is 0 Å². The van der Waals surface area contributed by atoms with E-state index in [1.54, 1.807) is 12.1 Å². The van der Waals surface area contributed by atoms with Crippen LogP contribution in [0.2, 0.25) is 0 Å². The molecule has 3 heteroatoms. The minimum absolute atomic E-state index is 0.153. The van der Waals surface area contributed by atoms with Crippen LogP contribution >= 0.6 is 0 Å². The van der Waals surface area contributed by atoms with Gasteiger partial charge in [0.15, 0.2) is 0 Å². The zero-order chi connectivity index (χ0) is 12.1. The van der Waals surface area contributed by atoms with Crippen LogP contribution in [-0.4, -0.2) is 25.8 Å². The van der Waals surface area contributed by atoms with Gasteiger partial charge in [-0.3, -0.25) is 0 Å². The van der Waals surface area contributed by atoms with E-state index in [0.29, 0.717) is 12.0 Å². The summed E-state index contributed by atoms with van der Waals surface area (Å²) < 4.78 is 18.6. The quantitative estimate of drug-likeness (QED) is 0.868. The zero-order valence-corrected chi connectivity index (χ0v) is 10.3. The average molecular weight is 237 g/mol. The van der Waals surface area contributed by atoms with Crippen LogP contribution in [0.4, 0.5) is 4.39 Å². The van der Waals surface area contributed by atoms with Gasteiger partial charge in [-0.25, -0.2) is 4.39 Å². The maximum absolute atomic E-state index is 13.1. The van der Waals surface area contributed by atoms with Crippen LogP contribution in [0.15, 0.2) is 24.3 Å². The first-order chi connectivity index (χ1) is 8.29. The Morgan fingerprint density at radius 2 is 2.35 bits per heavy atom. The number of halogens is 1. The van der Waals surface area contributed by atoms with Crippen molar-refractivity contribution in [3.63, 3.8) is 0 Å². The first kappa shape index (κ1) is 12.5. The summed E-state index contributed by atoms with van der Waals surface area (Å²) in [7, 11) is 0. The second-order valence-corrected chi connectivity index (χ2v) is 4.62. The first-order valence-electron chi connectivity index (χ1n) is 6.35. The highest BCUT2D eigenvalue weighted by Crippen LogP contribution is 2.20. The Labute approximate surface area is 102 Å². The fraction of sp³-hybridized carbons (Fsp3) is 0.571. The molecule has 0 aromatic heterocycles. The number of rotatable bonds is 4. The predicted octanol–water partition coefficient (Wildman–Crippen LogP) is 2.38. The Balaban J connectivity index is 2.00. The maximum atomic E-state index is 13.1. The van der Waals surface area contributed by atoms with E-state index in [0.717, 1.165) is 38.2 Å². The monoisotopic (exact) mass is 237 g/mol. The van der Waals surface area contributed by atoms with Crippen molar-refractivity contribution in [2.45, 2.75) is 25.8 Å². The molecule has 0 saturated carbocycles. The molecule has 1 fully saturated rings. The lowest BCUT2D eigenvalue weighted by molar-refractivity contribution is 0.0326. The SMILES string of the molecule is CCNC1CCOCC1Cc1cccc(F)c1. The molecule has 1 saturated heterocycles. The molecule has 2 nitrogen and oxygen atoms in total. The number of hydrogen-bond acceptors (Lipinski definition) is 2. The average Bonchev–Trinajstić information content (AvgIpc) is 2.32. The van der Waals surface area contributed by atoms with E-state index < -0.39 is 0 Å². The summed E-state index contributed by atoms with van der Waals surface area (Å²) >= 11 is 0. The fourth-order valence-corrected chi connectivity index (χ4v) is 2.50. The largest absolute Gasteiger partial charge is 0.381 e. The molecule has 1 N–H and O–H groups in total. The predicted molar refractivity (Wildman–Crippen MR) is 66.5 cm³/mol. The van der Waals surface area contributed by atoms with Crippen molar-refractivity contribution in [1.29, 1.82) is 0 Å². The van der Waals surface area contributed by atoms with Crippen molar-refractivity contribution in [3.8, 4) is 0 Å². The second-order valence-electron chi connectivity index (χ2n) is 4.62. The maximum Gasteiger partial charge on any atom is 0.123 e. The molecule has 0 radical (unpaired) electrons. The summed E-state index contributed by atoms with van der Waals surface area (Å²) in [4.78, 5) is 0. The molecule has 1 aromatic rings. The van der Waals surface area contributed by atoms with Gasteiger partial charge in [-0.2, -0.15) is 0 Å². The summed E-state index contributed by atoms with van der Waals surface area (Å²) in [6, 6.07) is 7.37. The van der Waals surface area contributed by atoms with E-state index in [4.69, 9.17) is 4.74 Å². The third-order valence-corrected chi connectivity index (χ3v) is 3.33. The number of hydrogen-bond donors (Lipinski definition) is 1. The van der Waals surface area contributed by atoms with Crippen molar-refractivity contribution in [2.75, 3.05) is 19.8 Å². The molecular formula is C14H20FNO. The molecule has 0 bridgehead atoms. The van der Waals surface area contributed by atoms with Crippen LogP contribution in [0.1, 0.15) is 18.9 Å². The standard InChI is InChI=1S/C14H20FNO/c1-2-16-14-6-7-17-10-12(14)8-11-4-3-5-13(15)9-11/h3-5,9,12,14,16H,2,6-8,10H2,1H3. The van der Waals surface area contributed by atoms with Gasteiger partial charge in [0.2, 0.25) is 0 Å². The Bertz CT molecular complexity index is 354. The summed E-state index contributed by atoms with van der Waals surface area (Å²) in [6.45, 7) is 4.70. The third kappa shape index (κ3) is 3.51. The van der Waals surface area contributed by atoms with E-state index in [1.807, 2.05) is 6.07 Å². The first-order valence-corrected chi connectivity index (χ1v) is 6.35. The van der Waals surface area contributed by atoms with Gasteiger partial charge in [-0.15, -0.1) is 0 Å². The van der Waals surface area contributed by atoms with Crippen LogP contribution in [0.3, 0.4) is 0 Å². The van der Waals surface area contributed by atoms with Crippen LogP contribution in [0, 0.1) is 11.7 Å². The highest BCUT2D eigenvalue weighted by Gasteiger charge is 2.25. The van der Waals surface area contributed by atoms with Crippen molar-refractivity contribution in [2.24, 2.45) is 5.92 Å². The lowest BCUT2D eigenvalue weighted by Crippen LogP contribution is -2.43. The molecule has 0 amide bonds. The highest BCUT2D eigenvalue weighted by molar-refractivity contribution is 5.17. The van der Waals surface area contributed by atoms with Gasteiger partial charge >= 0.3 is 0 Å². The fourth-order valence-electron chi connectivity index (χ4n) is 2.50. The molecule has 1 aromatic carbocycles. The van der Waals surface area contributed by atoms with Crippen molar-refractivity contribution < 1.29 is 9.13 Å². The lowest BCUT2D eigenvalue weighted by atomic mass is 9.89. The van der Waals surface area contributed by atoms with E-state index in [-0.39, 0.29) is 5.82 Å². The van der Waals surface area contributed by atoms with Crippen LogP contribution < -0.4 is 5.32 Å². The van der Waals surface area contributed by atoms with E-state index in [2.05, 4.69) is 12.2 Å². The molecule has 1 aliphatic rings. The smallest absolute Gasteiger partial charge is 0.123 e. The van der Waals surface area contributed by atoms with Crippen molar-refractivity contribution >= 4 is 0 Å². The molecule has 2 rings (SSSR count). The minimum atomic E-state index is -0.153. The van der Waals surface area contributed by atoms with E-state index in [1.165, 1.54) is 6.07 Å². The summed E-state index contributed by atoms with van der Waals surface area (Å²) in [5.74, 6) is 0.296. The molecule has 1 aliphatic heterocycles. The highest BCUT2D eigenvalue weighted by atomic mass is 19.1. The van der Waals surface area contributed by atoms with Gasteiger partial charge in [0.05, 0.1) is 6.61 Å². The Hall–Kier alpha value is -0.930. The normalized spacial score (nSPS) is 24.8. The van der Waals surface area contributed by atoms with Gasteiger partial charge in [0.25, 0.3) is 0 Å². The van der Waals surface area contributed by atoms with Crippen LogP contribution in [0.5, 0.6) is 0 Å². The molecule has 94 valence electrons. The summed E-state index contributed by atoms with van der Waals surface area (Å²) in [6.07, 6.45) is 1.93. The molecule has 0 aliphatic carbocycles. The topological polar surface area (TPSA) is 21.3 Å². The van der Waals surface area contributed by atoms with E-state index >= 15 is 0 Å². The summed E-state index contributed by atoms with van der Waals surface area (Å²) in [5.41, 5.74) is 1.06. The Kier molecular flexibility index (Phi) is 4.51. The van der Waals surface area contributed by atoms with Gasteiger partial charge in [0, 0.05) is 18.6 Å². The molecule has 2 unspecified atom stereocenters. The van der Waals surface area contributed by atoms with Crippen molar-refractivity contribution in [3.05, 3.63) is 35.6 Å². The Morgan fingerprint density at radius 3 is 3.12 bits per heavy atom. The van der Waals surface area contributed by atoms with Gasteiger partial charge in [-0.05, 0) is 37.1 Å². The van der Waals surface area contributed by atoms with Gasteiger partial charge < -0.3 is 10.1 Å². The minimum Gasteiger partial charge on any atom is -0.381 e. The van der Waals surface area contributed by atoms with Crippen molar-refractivity contribution in [1.82, 2.24) is 5.32 Å². The van der Waals surface area contributed by atoms with Gasteiger partial charge in [-0.1, -0.05) is 19.1 Å². The lowest BCUT2D eigenvalue weighted by Gasteiger charge is -2.32. The van der Waals surface area contributed by atoms with Gasteiger partial charge in [0.1, 0.15) is 5.82 Å². The Morgan fingerprint density at radius 1 is 1.47 bits per heavy atom. The zero-order valence-electron chi connectivity index (χ0n) is 10.3. The molecule has 1 heterocycles. The number of ether oxygens (including phenoxy) is 1. The molecule has 2 atom stereocenters. The molecule has 0 spiro atoms. The number of nitrogens with one attached hydrogen (secondary N) is 1. The molecule has 17 heavy (non-hydrogen) atoms. The second kappa shape index (κ2) is 6.12. The summed E-state index contributed by atoms with van der Waals surface area (Å²) in [5, 5.41) is 3.50. The van der Waals surface area contributed by atoms with Crippen LogP contribution in [-0.2, 0) is 11.2 Å². The van der Waals surface area contributed by atoms with E-state index in [9.17, 15) is 4.39 Å². The molecular weight excluding hydrogens is 217 g/mol. The number of benzene rings is 1. The third-order valence-electron chi connectivity index (χ3n) is 3.33.